The van der Waals surface area contributed by atoms with Crippen molar-refractivity contribution in [2.24, 2.45) is 0 Å². The molecule has 0 amide bonds. The van der Waals surface area contributed by atoms with Crippen molar-refractivity contribution in [2.75, 3.05) is 6.61 Å². The van der Waals surface area contributed by atoms with E-state index in [2.05, 4.69) is 4.98 Å². The van der Waals surface area contributed by atoms with Crippen molar-refractivity contribution in [3.63, 3.8) is 0 Å². The van der Waals surface area contributed by atoms with E-state index in [9.17, 15) is 13.6 Å². The highest BCUT2D eigenvalue weighted by Gasteiger charge is 2.12. The van der Waals surface area contributed by atoms with Crippen LogP contribution in [0.4, 0.5) is 8.78 Å². The van der Waals surface area contributed by atoms with Crippen molar-refractivity contribution in [2.45, 2.75) is 0 Å². The summed E-state index contributed by atoms with van der Waals surface area (Å²) in [5, 5.41) is -0.0515. The Morgan fingerprint density at radius 2 is 2.00 bits per heavy atom. The number of nitrogens with zero attached hydrogens (tertiary/aromatic N) is 1. The van der Waals surface area contributed by atoms with Gasteiger partial charge in [-0.25, -0.2) is 8.78 Å². The number of fused-ring (bicyclic) bond motifs is 1. The lowest BCUT2D eigenvalue weighted by molar-refractivity contribution is -0.109. The molecular formula is C11H7F2NO2. The summed E-state index contributed by atoms with van der Waals surface area (Å²) in [6.07, 6.45) is 1.83. The smallest absolute Gasteiger partial charge is 0.157 e. The van der Waals surface area contributed by atoms with Crippen LogP contribution in [-0.2, 0) is 4.79 Å². The third-order valence-corrected chi connectivity index (χ3v) is 2.06. The molecule has 1 heterocycles. The molecule has 0 atom stereocenters. The van der Waals surface area contributed by atoms with Crippen LogP contribution in [0.25, 0.3) is 10.9 Å². The average molecular weight is 223 g/mol. The van der Waals surface area contributed by atoms with Crippen LogP contribution in [0.1, 0.15) is 0 Å². The topological polar surface area (TPSA) is 39.2 Å². The molecule has 5 heteroatoms. The first-order valence-electron chi connectivity index (χ1n) is 4.53. The van der Waals surface area contributed by atoms with Gasteiger partial charge < -0.3 is 4.74 Å². The molecule has 0 fully saturated rings. The van der Waals surface area contributed by atoms with Crippen molar-refractivity contribution in [3.8, 4) is 5.75 Å². The third kappa shape index (κ3) is 1.71. The number of rotatable bonds is 3. The lowest BCUT2D eigenvalue weighted by Crippen LogP contribution is -2.00. The van der Waals surface area contributed by atoms with Crippen LogP contribution in [0.15, 0.2) is 24.4 Å². The zero-order valence-electron chi connectivity index (χ0n) is 8.11. The number of carbonyl (C=O) groups is 1. The van der Waals surface area contributed by atoms with Gasteiger partial charge in [0.1, 0.15) is 29.5 Å². The number of aromatic nitrogens is 1. The summed E-state index contributed by atoms with van der Waals surface area (Å²) in [5.74, 6) is -1.16. The summed E-state index contributed by atoms with van der Waals surface area (Å²) < 4.78 is 31.8. The van der Waals surface area contributed by atoms with Gasteiger partial charge in [-0.15, -0.1) is 0 Å². The van der Waals surface area contributed by atoms with Gasteiger partial charge in [0.25, 0.3) is 0 Å². The molecule has 1 aromatic heterocycles. The van der Waals surface area contributed by atoms with E-state index in [1.807, 2.05) is 0 Å². The first kappa shape index (κ1) is 10.5. The van der Waals surface area contributed by atoms with Gasteiger partial charge in [-0.1, -0.05) is 0 Å². The molecule has 0 spiro atoms. The van der Waals surface area contributed by atoms with E-state index in [0.29, 0.717) is 6.29 Å². The van der Waals surface area contributed by atoms with E-state index in [4.69, 9.17) is 4.74 Å². The standard InChI is InChI=1S/C11H7F2NO2/c12-7-1-2-8(13)11-10(7)9(3-4-14-11)16-6-5-15/h1-5H,6H2. The van der Waals surface area contributed by atoms with Gasteiger partial charge in [-0.2, -0.15) is 0 Å². The maximum Gasteiger partial charge on any atom is 0.157 e. The molecular weight excluding hydrogens is 216 g/mol. The zero-order valence-corrected chi connectivity index (χ0v) is 8.11. The van der Waals surface area contributed by atoms with Crippen LogP contribution < -0.4 is 4.74 Å². The molecule has 0 saturated carbocycles. The number of hydrogen-bond acceptors (Lipinski definition) is 3. The Bertz CT molecular complexity index is 543. The second kappa shape index (κ2) is 4.22. The summed E-state index contributed by atoms with van der Waals surface area (Å²) in [6.45, 7) is -0.213. The SMILES string of the molecule is O=CCOc1ccnc2c(F)ccc(F)c12. The van der Waals surface area contributed by atoms with Crippen molar-refractivity contribution in [1.29, 1.82) is 0 Å². The predicted octanol–water partition coefficient (Wildman–Crippen LogP) is 2.09. The highest BCUT2D eigenvalue weighted by molar-refractivity contribution is 5.86. The minimum atomic E-state index is -0.634. The van der Waals surface area contributed by atoms with Crippen LogP contribution in [0.5, 0.6) is 5.75 Å². The molecule has 1 aromatic carbocycles. The van der Waals surface area contributed by atoms with Crippen LogP contribution in [-0.4, -0.2) is 17.9 Å². The molecule has 2 aromatic rings. The molecule has 0 unspecified atom stereocenters. The Balaban J connectivity index is 2.65. The van der Waals surface area contributed by atoms with Gasteiger partial charge in [0, 0.05) is 6.20 Å². The number of pyridine rings is 1. The molecule has 3 nitrogen and oxygen atoms in total. The van der Waals surface area contributed by atoms with Crippen LogP contribution >= 0.6 is 0 Å². The molecule has 0 N–H and O–H groups in total. The van der Waals surface area contributed by atoms with Crippen molar-refractivity contribution in [3.05, 3.63) is 36.0 Å². The number of aldehydes is 1. The molecule has 0 aliphatic heterocycles. The second-order valence-electron chi connectivity index (χ2n) is 3.04. The Hall–Kier alpha value is -2.04. The lowest BCUT2D eigenvalue weighted by atomic mass is 10.2. The largest absolute Gasteiger partial charge is 0.485 e. The second-order valence-corrected chi connectivity index (χ2v) is 3.04. The van der Waals surface area contributed by atoms with Crippen molar-refractivity contribution >= 4 is 17.2 Å². The van der Waals surface area contributed by atoms with Gasteiger partial charge in [0.05, 0.1) is 5.39 Å². The van der Waals surface area contributed by atoms with Gasteiger partial charge in [0.15, 0.2) is 6.29 Å². The average Bonchev–Trinajstić information content (AvgIpc) is 2.31. The molecule has 0 bridgehead atoms. The maximum atomic E-state index is 13.5. The summed E-state index contributed by atoms with van der Waals surface area (Å²) in [6, 6.07) is 3.37. The molecule has 82 valence electrons. The Morgan fingerprint density at radius 1 is 1.25 bits per heavy atom. The molecule has 0 aliphatic rings. The normalized spacial score (nSPS) is 10.4. The van der Waals surface area contributed by atoms with Crippen LogP contribution in [0.3, 0.4) is 0 Å². The Labute approximate surface area is 89.7 Å². The van der Waals surface area contributed by atoms with E-state index >= 15 is 0 Å². The fourth-order valence-corrected chi connectivity index (χ4v) is 1.41. The first-order valence-corrected chi connectivity index (χ1v) is 4.53. The van der Waals surface area contributed by atoms with E-state index in [0.717, 1.165) is 12.1 Å². The summed E-state index contributed by atoms with van der Waals surface area (Å²) in [5.41, 5.74) is -0.108. The quantitative estimate of drug-likeness (QED) is 0.748. The highest BCUT2D eigenvalue weighted by atomic mass is 19.1. The Kier molecular flexibility index (Phi) is 2.76. The lowest BCUT2D eigenvalue weighted by Gasteiger charge is -2.07. The molecule has 16 heavy (non-hydrogen) atoms. The summed E-state index contributed by atoms with van der Waals surface area (Å²) in [7, 11) is 0. The van der Waals surface area contributed by atoms with Gasteiger partial charge in [-0.3, -0.25) is 9.78 Å². The minimum absolute atomic E-state index is 0.0515. The Morgan fingerprint density at radius 3 is 2.75 bits per heavy atom. The van der Waals surface area contributed by atoms with Gasteiger partial charge >= 0.3 is 0 Å². The van der Waals surface area contributed by atoms with E-state index < -0.39 is 11.6 Å². The van der Waals surface area contributed by atoms with Crippen LogP contribution in [0, 0.1) is 11.6 Å². The molecule has 2 rings (SSSR count). The first-order chi connectivity index (χ1) is 7.74. The van der Waals surface area contributed by atoms with Crippen molar-refractivity contribution in [1.82, 2.24) is 4.98 Å². The molecule has 0 saturated heterocycles. The van der Waals surface area contributed by atoms with Gasteiger partial charge in [-0.05, 0) is 18.2 Å². The maximum absolute atomic E-state index is 13.5. The van der Waals surface area contributed by atoms with E-state index in [-0.39, 0.29) is 23.3 Å². The molecule has 0 radical (unpaired) electrons. The summed E-state index contributed by atoms with van der Waals surface area (Å²) in [4.78, 5) is 13.9. The van der Waals surface area contributed by atoms with Crippen molar-refractivity contribution < 1.29 is 18.3 Å². The third-order valence-electron chi connectivity index (χ3n) is 2.06. The number of hydrogen-bond donors (Lipinski definition) is 0. The molecule has 0 aliphatic carbocycles. The fourth-order valence-electron chi connectivity index (χ4n) is 1.41. The zero-order chi connectivity index (χ0) is 11.5. The predicted molar refractivity (Wildman–Crippen MR) is 53.2 cm³/mol. The fraction of sp³-hybridized carbons (Fsp3) is 0.0909. The minimum Gasteiger partial charge on any atom is -0.485 e. The van der Waals surface area contributed by atoms with E-state index in [1.54, 1.807) is 0 Å². The number of carbonyl (C=O) groups excluding carboxylic acids is 1. The number of halogens is 2. The van der Waals surface area contributed by atoms with Gasteiger partial charge in [0.2, 0.25) is 0 Å². The monoisotopic (exact) mass is 223 g/mol. The number of ether oxygens (including phenoxy) is 1. The highest BCUT2D eigenvalue weighted by Crippen LogP contribution is 2.28. The summed E-state index contributed by atoms with van der Waals surface area (Å²) >= 11 is 0. The van der Waals surface area contributed by atoms with Crippen LogP contribution in [0.2, 0.25) is 0 Å². The number of benzene rings is 1. The van der Waals surface area contributed by atoms with E-state index in [1.165, 1.54) is 12.3 Å².